The lowest BCUT2D eigenvalue weighted by atomic mass is 9.90. The van der Waals surface area contributed by atoms with Crippen molar-refractivity contribution in [3.8, 4) is 5.75 Å². The Kier molecular flexibility index (Phi) is 3.22. The van der Waals surface area contributed by atoms with Gasteiger partial charge in [0.05, 0.1) is 11.7 Å². The SMILES string of the molecule is C[C@@]12C[C@@H](NC(=O)N1c1ccc(F)c(F)c1)c1cc(Cl)ccc1O2. The van der Waals surface area contributed by atoms with Crippen LogP contribution in [0.4, 0.5) is 19.3 Å². The number of urea groups is 1. The van der Waals surface area contributed by atoms with Crippen LogP contribution in [0.3, 0.4) is 0 Å². The monoisotopic (exact) mass is 350 g/mol. The highest BCUT2D eigenvalue weighted by Crippen LogP contribution is 2.46. The summed E-state index contributed by atoms with van der Waals surface area (Å²) >= 11 is 6.03. The van der Waals surface area contributed by atoms with Crippen LogP contribution in [0, 0.1) is 11.6 Å². The summed E-state index contributed by atoms with van der Waals surface area (Å²) in [5.41, 5.74) is 0.0148. The second-order valence-corrected chi connectivity index (χ2v) is 6.54. The van der Waals surface area contributed by atoms with E-state index in [9.17, 15) is 13.6 Å². The molecule has 2 heterocycles. The number of amides is 2. The van der Waals surface area contributed by atoms with Crippen LogP contribution in [0.2, 0.25) is 5.02 Å². The molecule has 2 aromatic rings. The molecule has 0 saturated carbocycles. The van der Waals surface area contributed by atoms with Gasteiger partial charge in [0, 0.05) is 23.1 Å². The number of nitrogens with zero attached hydrogens (tertiary/aromatic N) is 1. The van der Waals surface area contributed by atoms with Crippen LogP contribution in [0.1, 0.15) is 24.9 Å². The van der Waals surface area contributed by atoms with E-state index >= 15 is 0 Å². The molecule has 2 aliphatic rings. The fourth-order valence-electron chi connectivity index (χ4n) is 3.36. The van der Waals surface area contributed by atoms with Crippen molar-refractivity contribution >= 4 is 23.3 Å². The molecule has 0 unspecified atom stereocenters. The van der Waals surface area contributed by atoms with Gasteiger partial charge in [0.25, 0.3) is 0 Å². The van der Waals surface area contributed by atoms with Crippen LogP contribution in [0.15, 0.2) is 36.4 Å². The second kappa shape index (κ2) is 5.08. The third-order valence-corrected chi connectivity index (χ3v) is 4.63. The number of hydrogen-bond donors (Lipinski definition) is 1. The molecule has 2 aromatic carbocycles. The fraction of sp³-hybridized carbons (Fsp3) is 0.235. The summed E-state index contributed by atoms with van der Waals surface area (Å²) in [5, 5.41) is 3.43. The minimum Gasteiger partial charge on any atom is -0.467 e. The average molecular weight is 351 g/mol. The van der Waals surface area contributed by atoms with Gasteiger partial charge in [-0.2, -0.15) is 0 Å². The molecule has 24 heavy (non-hydrogen) atoms. The molecule has 2 amide bonds. The van der Waals surface area contributed by atoms with E-state index in [-0.39, 0.29) is 11.7 Å². The third kappa shape index (κ3) is 2.21. The molecular formula is C17H13ClF2N2O2. The number of anilines is 1. The molecule has 4 nitrogen and oxygen atoms in total. The largest absolute Gasteiger partial charge is 0.467 e. The first-order valence-corrected chi connectivity index (χ1v) is 7.79. The second-order valence-electron chi connectivity index (χ2n) is 6.10. The normalized spacial score (nSPS) is 24.9. The standard InChI is InChI=1S/C17H13ClF2N2O2/c1-17-8-14(11-6-9(18)2-5-15(11)24-17)21-16(23)22(17)10-3-4-12(19)13(20)7-10/h2-7,14H,8H2,1H3,(H,21,23)/t14-,17-/m1/s1. The topological polar surface area (TPSA) is 41.6 Å². The summed E-state index contributed by atoms with van der Waals surface area (Å²) in [6.07, 6.45) is 0.449. The molecule has 0 aromatic heterocycles. The fourth-order valence-corrected chi connectivity index (χ4v) is 3.54. The van der Waals surface area contributed by atoms with E-state index < -0.39 is 23.4 Å². The van der Waals surface area contributed by atoms with Crippen LogP contribution < -0.4 is 15.0 Å². The smallest absolute Gasteiger partial charge is 0.325 e. The maximum atomic E-state index is 13.6. The minimum atomic E-state index is -1.02. The molecule has 124 valence electrons. The number of nitrogens with one attached hydrogen (secondary N) is 1. The number of fused-ring (bicyclic) bond motifs is 4. The first-order chi connectivity index (χ1) is 11.4. The van der Waals surface area contributed by atoms with Crippen LogP contribution in [-0.4, -0.2) is 11.8 Å². The van der Waals surface area contributed by atoms with Gasteiger partial charge in [-0.25, -0.2) is 13.6 Å². The molecule has 1 N–H and O–H groups in total. The number of hydrogen-bond acceptors (Lipinski definition) is 2. The Morgan fingerprint density at radius 1 is 1.25 bits per heavy atom. The molecule has 2 bridgehead atoms. The molecule has 1 saturated heterocycles. The van der Waals surface area contributed by atoms with Crippen LogP contribution in [0.25, 0.3) is 0 Å². The Labute approximate surface area is 142 Å². The Bertz CT molecular complexity index is 860. The highest BCUT2D eigenvalue weighted by atomic mass is 35.5. The lowest BCUT2D eigenvalue weighted by molar-refractivity contribution is 0.0378. The zero-order valence-corrected chi connectivity index (χ0v) is 13.4. The van der Waals surface area contributed by atoms with Crippen molar-refractivity contribution in [3.63, 3.8) is 0 Å². The quantitative estimate of drug-likeness (QED) is 0.828. The van der Waals surface area contributed by atoms with E-state index in [1.165, 1.54) is 11.0 Å². The molecular weight excluding hydrogens is 338 g/mol. The maximum absolute atomic E-state index is 13.6. The molecule has 2 atom stereocenters. The predicted octanol–water partition coefficient (Wildman–Crippen LogP) is 4.39. The minimum absolute atomic E-state index is 0.227. The van der Waals surface area contributed by atoms with Gasteiger partial charge < -0.3 is 10.1 Å². The molecule has 7 heteroatoms. The van der Waals surface area contributed by atoms with Gasteiger partial charge in [-0.15, -0.1) is 0 Å². The van der Waals surface area contributed by atoms with Crippen molar-refractivity contribution in [2.75, 3.05) is 4.90 Å². The summed E-state index contributed by atoms with van der Waals surface area (Å²) in [4.78, 5) is 13.9. The highest BCUT2D eigenvalue weighted by Gasteiger charge is 2.50. The van der Waals surface area contributed by atoms with Crippen LogP contribution in [0.5, 0.6) is 5.75 Å². The van der Waals surface area contributed by atoms with Crippen molar-refractivity contribution < 1.29 is 18.3 Å². The zero-order chi connectivity index (χ0) is 17.1. The van der Waals surface area contributed by atoms with Gasteiger partial charge in [-0.3, -0.25) is 4.90 Å². The van der Waals surface area contributed by atoms with E-state index in [0.717, 1.165) is 17.7 Å². The molecule has 4 rings (SSSR count). The highest BCUT2D eigenvalue weighted by molar-refractivity contribution is 6.30. The molecule has 1 fully saturated rings. The Morgan fingerprint density at radius 3 is 2.79 bits per heavy atom. The van der Waals surface area contributed by atoms with Crippen LogP contribution in [-0.2, 0) is 0 Å². The first-order valence-electron chi connectivity index (χ1n) is 7.42. The average Bonchev–Trinajstić information content (AvgIpc) is 2.51. The van der Waals surface area contributed by atoms with Gasteiger partial charge in [0.2, 0.25) is 0 Å². The number of carbonyl (C=O) groups excluding carboxylic acids is 1. The summed E-state index contributed by atoms with van der Waals surface area (Å²) in [7, 11) is 0. The van der Waals surface area contributed by atoms with Gasteiger partial charge in [0.1, 0.15) is 5.75 Å². The summed E-state index contributed by atoms with van der Waals surface area (Å²) < 4.78 is 32.9. The Morgan fingerprint density at radius 2 is 2.04 bits per heavy atom. The van der Waals surface area contributed by atoms with Gasteiger partial charge in [-0.05, 0) is 37.3 Å². The van der Waals surface area contributed by atoms with Crippen LogP contribution >= 0.6 is 11.6 Å². The van der Waals surface area contributed by atoms with E-state index in [1.807, 2.05) is 0 Å². The first kappa shape index (κ1) is 15.2. The third-order valence-electron chi connectivity index (χ3n) is 4.40. The lowest BCUT2D eigenvalue weighted by Crippen LogP contribution is -2.65. The lowest BCUT2D eigenvalue weighted by Gasteiger charge is -2.50. The number of carbonyl (C=O) groups is 1. The summed E-state index contributed by atoms with van der Waals surface area (Å²) in [6.45, 7) is 1.75. The number of rotatable bonds is 1. The zero-order valence-electron chi connectivity index (χ0n) is 12.6. The van der Waals surface area contributed by atoms with E-state index in [2.05, 4.69) is 5.32 Å². The van der Waals surface area contributed by atoms with E-state index in [4.69, 9.17) is 16.3 Å². The Balaban J connectivity index is 1.80. The number of halogens is 3. The Hall–Kier alpha value is -2.34. The van der Waals surface area contributed by atoms with Crippen molar-refractivity contribution in [2.45, 2.75) is 25.1 Å². The van der Waals surface area contributed by atoms with Gasteiger partial charge in [-0.1, -0.05) is 11.6 Å². The number of ether oxygens (including phenoxy) is 1. The predicted molar refractivity (Wildman–Crippen MR) is 85.2 cm³/mol. The molecule has 0 radical (unpaired) electrons. The van der Waals surface area contributed by atoms with Gasteiger partial charge in [0.15, 0.2) is 17.4 Å². The summed E-state index contributed by atoms with van der Waals surface area (Å²) in [6, 6.07) is 7.83. The van der Waals surface area contributed by atoms with Crippen molar-refractivity contribution in [3.05, 3.63) is 58.6 Å². The molecule has 0 aliphatic carbocycles. The van der Waals surface area contributed by atoms with Crippen molar-refractivity contribution in [2.24, 2.45) is 0 Å². The maximum Gasteiger partial charge on any atom is 0.325 e. The summed E-state index contributed by atoms with van der Waals surface area (Å²) in [5.74, 6) is -1.39. The van der Waals surface area contributed by atoms with Crippen molar-refractivity contribution in [1.29, 1.82) is 0 Å². The van der Waals surface area contributed by atoms with E-state index in [1.54, 1.807) is 25.1 Å². The molecule has 2 aliphatic heterocycles. The van der Waals surface area contributed by atoms with E-state index in [0.29, 0.717) is 17.2 Å². The number of benzene rings is 2. The van der Waals surface area contributed by atoms with Gasteiger partial charge >= 0.3 is 6.03 Å². The van der Waals surface area contributed by atoms with Crippen molar-refractivity contribution in [1.82, 2.24) is 5.32 Å². The molecule has 0 spiro atoms.